The first-order valence-electron chi connectivity index (χ1n) is 13.6. The highest BCUT2D eigenvalue weighted by Gasteiger charge is 2.13. The van der Waals surface area contributed by atoms with Crippen LogP contribution in [0, 0.1) is 0 Å². The van der Waals surface area contributed by atoms with E-state index in [0.717, 1.165) is 33.1 Å². The quantitative estimate of drug-likeness (QED) is 0.222. The number of pyridine rings is 2. The molecule has 0 spiro atoms. The topological polar surface area (TPSA) is 25.8 Å². The standard InChI is InChI=1S/C38H24N2/c1-2-10-30-25(7-1)8-5-13-31(30)26-14-16-27(17-15-26)32-21-22-35(34-12-4-3-11-33(32)34)36-23-20-29-19-18-28-9-6-24-39-37(28)38(29)40-36/h1-24H. The van der Waals surface area contributed by atoms with Gasteiger partial charge in [-0.1, -0.05) is 127 Å². The fourth-order valence-electron chi connectivity index (χ4n) is 5.95. The Morgan fingerprint density at radius 1 is 0.350 bits per heavy atom. The van der Waals surface area contributed by atoms with Crippen LogP contribution in [-0.4, -0.2) is 9.97 Å². The Morgan fingerprint density at radius 2 is 0.925 bits per heavy atom. The third-order valence-electron chi connectivity index (χ3n) is 7.93. The predicted octanol–water partition coefficient (Wildman–Crippen LogP) is 10.1. The van der Waals surface area contributed by atoms with E-state index in [1.165, 1.54) is 43.8 Å². The molecule has 0 aliphatic rings. The molecule has 0 amide bonds. The largest absolute Gasteiger partial charge is 0.254 e. The molecule has 0 aliphatic heterocycles. The first kappa shape index (κ1) is 22.6. The van der Waals surface area contributed by atoms with Gasteiger partial charge in [0.05, 0.1) is 16.7 Å². The first-order chi connectivity index (χ1) is 19.8. The van der Waals surface area contributed by atoms with Crippen LogP contribution in [0.4, 0.5) is 0 Å². The van der Waals surface area contributed by atoms with Gasteiger partial charge >= 0.3 is 0 Å². The second kappa shape index (κ2) is 9.14. The van der Waals surface area contributed by atoms with Gasteiger partial charge in [0.15, 0.2) is 0 Å². The minimum atomic E-state index is 0.938. The van der Waals surface area contributed by atoms with Crippen LogP contribution in [0.25, 0.3) is 76.9 Å². The lowest BCUT2D eigenvalue weighted by molar-refractivity contribution is 1.37. The van der Waals surface area contributed by atoms with Crippen molar-refractivity contribution in [1.29, 1.82) is 0 Å². The summed E-state index contributed by atoms with van der Waals surface area (Å²) in [5, 5.41) is 7.15. The van der Waals surface area contributed by atoms with Crippen molar-refractivity contribution in [3.8, 4) is 33.5 Å². The van der Waals surface area contributed by atoms with E-state index in [1.54, 1.807) is 0 Å². The minimum Gasteiger partial charge on any atom is -0.254 e. The van der Waals surface area contributed by atoms with Crippen LogP contribution < -0.4 is 0 Å². The summed E-state index contributed by atoms with van der Waals surface area (Å²) in [7, 11) is 0. The molecule has 8 rings (SSSR count). The van der Waals surface area contributed by atoms with E-state index in [4.69, 9.17) is 4.98 Å². The maximum atomic E-state index is 5.13. The normalized spacial score (nSPS) is 11.5. The van der Waals surface area contributed by atoms with Gasteiger partial charge in [-0.3, -0.25) is 4.98 Å². The summed E-state index contributed by atoms with van der Waals surface area (Å²) >= 11 is 0. The molecule has 0 atom stereocenters. The van der Waals surface area contributed by atoms with Gasteiger partial charge < -0.3 is 0 Å². The molecule has 0 N–H and O–H groups in total. The molecule has 2 heterocycles. The molecule has 0 saturated carbocycles. The number of hydrogen-bond donors (Lipinski definition) is 0. The van der Waals surface area contributed by atoms with E-state index in [-0.39, 0.29) is 0 Å². The lowest BCUT2D eigenvalue weighted by Gasteiger charge is -2.13. The summed E-state index contributed by atoms with van der Waals surface area (Å²) < 4.78 is 0. The molecule has 0 bridgehead atoms. The zero-order valence-corrected chi connectivity index (χ0v) is 21.8. The average molecular weight is 509 g/mol. The summed E-state index contributed by atoms with van der Waals surface area (Å²) in [6.07, 6.45) is 1.84. The Morgan fingerprint density at radius 3 is 1.73 bits per heavy atom. The zero-order valence-electron chi connectivity index (χ0n) is 21.8. The third-order valence-corrected chi connectivity index (χ3v) is 7.93. The van der Waals surface area contributed by atoms with Crippen LogP contribution in [0.5, 0.6) is 0 Å². The van der Waals surface area contributed by atoms with Crippen LogP contribution in [0.3, 0.4) is 0 Å². The second-order valence-corrected chi connectivity index (χ2v) is 10.2. The van der Waals surface area contributed by atoms with Crippen molar-refractivity contribution in [3.63, 3.8) is 0 Å². The van der Waals surface area contributed by atoms with E-state index in [1.807, 2.05) is 12.3 Å². The Labute approximate surface area is 232 Å². The van der Waals surface area contributed by atoms with Crippen LogP contribution in [0.15, 0.2) is 146 Å². The molecule has 0 saturated heterocycles. The van der Waals surface area contributed by atoms with Gasteiger partial charge in [-0.15, -0.1) is 0 Å². The number of aromatic nitrogens is 2. The molecule has 40 heavy (non-hydrogen) atoms. The summed E-state index contributed by atoms with van der Waals surface area (Å²) in [6.45, 7) is 0. The van der Waals surface area contributed by atoms with E-state index in [9.17, 15) is 0 Å². The molecule has 0 radical (unpaired) electrons. The molecule has 2 aromatic heterocycles. The molecule has 0 unspecified atom stereocenters. The number of rotatable bonds is 3. The molecule has 6 aromatic carbocycles. The van der Waals surface area contributed by atoms with Crippen molar-refractivity contribution in [2.45, 2.75) is 0 Å². The van der Waals surface area contributed by atoms with Crippen molar-refractivity contribution < 1.29 is 0 Å². The molecule has 2 heteroatoms. The third kappa shape index (κ3) is 3.65. The van der Waals surface area contributed by atoms with Gasteiger partial charge in [0.1, 0.15) is 0 Å². The van der Waals surface area contributed by atoms with Gasteiger partial charge in [-0.25, -0.2) is 4.98 Å². The van der Waals surface area contributed by atoms with Gasteiger partial charge in [0, 0.05) is 22.5 Å². The fourth-order valence-corrected chi connectivity index (χ4v) is 5.95. The summed E-state index contributed by atoms with van der Waals surface area (Å²) in [5.74, 6) is 0. The molecular weight excluding hydrogens is 484 g/mol. The first-order valence-corrected chi connectivity index (χ1v) is 13.6. The Hall–Kier alpha value is -5.34. The van der Waals surface area contributed by atoms with E-state index < -0.39 is 0 Å². The fraction of sp³-hybridized carbons (Fsp3) is 0. The molecular formula is C38H24N2. The van der Waals surface area contributed by atoms with Crippen LogP contribution >= 0.6 is 0 Å². The SMILES string of the molecule is c1ccc2c(-c3ccc(-c4ccc(-c5ccc6ccc7cccnc7c6n5)c5ccccc45)cc3)cccc2c1. The second-order valence-electron chi connectivity index (χ2n) is 10.2. The van der Waals surface area contributed by atoms with Crippen molar-refractivity contribution in [2.75, 3.05) is 0 Å². The zero-order chi connectivity index (χ0) is 26.5. The molecule has 186 valence electrons. The van der Waals surface area contributed by atoms with Gasteiger partial charge in [-0.2, -0.15) is 0 Å². The Bertz CT molecular complexity index is 2210. The average Bonchev–Trinajstić information content (AvgIpc) is 3.04. The Kier molecular flexibility index (Phi) is 5.17. The molecule has 0 aliphatic carbocycles. The van der Waals surface area contributed by atoms with Crippen molar-refractivity contribution in [2.24, 2.45) is 0 Å². The van der Waals surface area contributed by atoms with Crippen LogP contribution in [0.1, 0.15) is 0 Å². The maximum Gasteiger partial charge on any atom is 0.0972 e. The Balaban J connectivity index is 1.25. The highest BCUT2D eigenvalue weighted by molar-refractivity contribution is 6.07. The number of benzene rings is 6. The van der Waals surface area contributed by atoms with Crippen LogP contribution in [0.2, 0.25) is 0 Å². The molecule has 0 fully saturated rings. The van der Waals surface area contributed by atoms with Gasteiger partial charge in [0.2, 0.25) is 0 Å². The van der Waals surface area contributed by atoms with Gasteiger partial charge in [0.25, 0.3) is 0 Å². The highest BCUT2D eigenvalue weighted by atomic mass is 14.8. The highest BCUT2D eigenvalue weighted by Crippen LogP contribution is 2.37. The van der Waals surface area contributed by atoms with E-state index in [2.05, 4.69) is 138 Å². The van der Waals surface area contributed by atoms with Crippen LogP contribution in [-0.2, 0) is 0 Å². The number of hydrogen-bond acceptors (Lipinski definition) is 2. The summed E-state index contributed by atoms with van der Waals surface area (Å²) in [4.78, 5) is 9.78. The van der Waals surface area contributed by atoms with E-state index >= 15 is 0 Å². The molecule has 8 aromatic rings. The monoisotopic (exact) mass is 508 g/mol. The van der Waals surface area contributed by atoms with Crippen molar-refractivity contribution in [1.82, 2.24) is 9.97 Å². The van der Waals surface area contributed by atoms with E-state index in [0.29, 0.717) is 0 Å². The number of nitrogens with zero attached hydrogens (tertiary/aromatic N) is 2. The molecule has 2 nitrogen and oxygen atoms in total. The maximum absolute atomic E-state index is 5.13. The van der Waals surface area contributed by atoms with Crippen molar-refractivity contribution in [3.05, 3.63) is 146 Å². The predicted molar refractivity (Wildman–Crippen MR) is 168 cm³/mol. The lowest BCUT2D eigenvalue weighted by Crippen LogP contribution is -1.91. The minimum absolute atomic E-state index is 0.938. The summed E-state index contributed by atoms with van der Waals surface area (Å²) in [5.41, 5.74) is 8.87. The van der Waals surface area contributed by atoms with Crippen molar-refractivity contribution >= 4 is 43.4 Å². The lowest BCUT2D eigenvalue weighted by atomic mass is 9.92. The summed E-state index contributed by atoms with van der Waals surface area (Å²) in [6, 6.07) is 49.7. The van der Waals surface area contributed by atoms with Gasteiger partial charge in [-0.05, 0) is 55.9 Å². The number of fused-ring (bicyclic) bond motifs is 5. The smallest absolute Gasteiger partial charge is 0.0972 e.